The van der Waals surface area contributed by atoms with E-state index in [0.29, 0.717) is 17.8 Å². The van der Waals surface area contributed by atoms with Crippen molar-refractivity contribution in [2.24, 2.45) is 11.7 Å². The monoisotopic (exact) mass is 494 g/mol. The van der Waals surface area contributed by atoms with Gasteiger partial charge in [-0.2, -0.15) is 0 Å². The molecule has 2 aromatic carbocycles. The topological polar surface area (TPSA) is 73.1 Å². The molecule has 5 nitrogen and oxygen atoms in total. The van der Waals surface area contributed by atoms with Crippen molar-refractivity contribution < 1.29 is 4.74 Å². The van der Waals surface area contributed by atoms with Crippen LogP contribution in [0.4, 0.5) is 5.82 Å². The number of rotatable bonds is 6. The lowest BCUT2D eigenvalue weighted by molar-refractivity contribution is 0.338. The van der Waals surface area contributed by atoms with Gasteiger partial charge in [0, 0.05) is 23.0 Å². The van der Waals surface area contributed by atoms with Crippen LogP contribution in [0, 0.1) is 5.92 Å². The zero-order chi connectivity index (χ0) is 20.9. The Morgan fingerprint density at radius 2 is 1.75 bits per heavy atom. The third-order valence-electron chi connectivity index (χ3n) is 5.66. The van der Waals surface area contributed by atoms with Gasteiger partial charge < -0.3 is 15.8 Å². The smallest absolute Gasteiger partial charge is 0.154 e. The van der Waals surface area contributed by atoms with Crippen molar-refractivity contribution in [1.29, 1.82) is 0 Å². The predicted octanol–water partition coefficient (Wildman–Crippen LogP) is 6.24. The summed E-state index contributed by atoms with van der Waals surface area (Å²) in [4.78, 5) is 9.51. The van der Waals surface area contributed by atoms with Crippen LogP contribution in [0.2, 0.25) is 5.02 Å². The average molecular weight is 496 g/mol. The van der Waals surface area contributed by atoms with Crippen molar-refractivity contribution in [3.63, 3.8) is 0 Å². The van der Waals surface area contributed by atoms with E-state index in [9.17, 15) is 0 Å². The number of methoxy groups -OCH3 is 1. The molecule has 1 heterocycles. The van der Waals surface area contributed by atoms with Gasteiger partial charge in [0.1, 0.15) is 11.6 Å². The summed E-state index contributed by atoms with van der Waals surface area (Å²) in [5, 5.41) is 5.25. The predicted molar refractivity (Wildman–Crippen MR) is 139 cm³/mol. The highest BCUT2D eigenvalue weighted by Gasteiger charge is 2.19. The van der Waals surface area contributed by atoms with E-state index >= 15 is 0 Å². The molecule has 0 aliphatic heterocycles. The first-order valence-electron chi connectivity index (χ1n) is 10.4. The van der Waals surface area contributed by atoms with Gasteiger partial charge >= 0.3 is 0 Å². The zero-order valence-electron chi connectivity index (χ0n) is 18.0. The van der Waals surface area contributed by atoms with Crippen molar-refractivity contribution in [1.82, 2.24) is 9.97 Å². The molecule has 172 valence electrons. The normalized spacial score (nSPS) is 18.1. The molecule has 32 heavy (non-hydrogen) atoms. The molecule has 3 N–H and O–H groups in total. The molecule has 0 bridgehead atoms. The molecule has 0 spiro atoms. The SMILES string of the molecule is COc1ccc2nc(C=Cc3ccc(Cl)cc3)nc(NCC3CCC(N)CC3)c2c1.Cl.Cl. The van der Waals surface area contributed by atoms with Crippen LogP contribution in [0.1, 0.15) is 37.1 Å². The Morgan fingerprint density at radius 1 is 1.03 bits per heavy atom. The number of nitrogens with one attached hydrogen (secondary N) is 1. The summed E-state index contributed by atoms with van der Waals surface area (Å²) in [7, 11) is 1.67. The van der Waals surface area contributed by atoms with Crippen molar-refractivity contribution in [3.8, 4) is 5.75 Å². The molecule has 1 aromatic heterocycles. The second-order valence-corrected chi connectivity index (χ2v) is 8.30. The van der Waals surface area contributed by atoms with E-state index < -0.39 is 0 Å². The van der Waals surface area contributed by atoms with E-state index in [2.05, 4.69) is 5.32 Å². The van der Waals surface area contributed by atoms with Crippen LogP contribution in [0.3, 0.4) is 0 Å². The van der Waals surface area contributed by atoms with Crippen LogP contribution in [0.15, 0.2) is 42.5 Å². The van der Waals surface area contributed by atoms with Crippen molar-refractivity contribution in [2.75, 3.05) is 19.0 Å². The minimum absolute atomic E-state index is 0. The summed E-state index contributed by atoms with van der Waals surface area (Å²) >= 11 is 5.97. The van der Waals surface area contributed by atoms with Crippen molar-refractivity contribution in [2.45, 2.75) is 31.7 Å². The Balaban J connectivity index is 0.00000181. The molecule has 0 unspecified atom stereocenters. The molecule has 8 heteroatoms. The van der Waals surface area contributed by atoms with Gasteiger partial charge in [0.2, 0.25) is 0 Å². The van der Waals surface area contributed by atoms with E-state index in [0.717, 1.165) is 65.3 Å². The maximum atomic E-state index is 6.05. The lowest BCUT2D eigenvalue weighted by Crippen LogP contribution is -2.29. The third-order valence-corrected chi connectivity index (χ3v) is 5.92. The first kappa shape index (κ1) is 26.2. The van der Waals surface area contributed by atoms with E-state index in [1.165, 1.54) is 0 Å². The van der Waals surface area contributed by atoms with Crippen LogP contribution in [-0.4, -0.2) is 29.7 Å². The fraction of sp³-hybridized carbons (Fsp3) is 0.333. The summed E-state index contributed by atoms with van der Waals surface area (Å²) in [5.74, 6) is 2.91. The summed E-state index contributed by atoms with van der Waals surface area (Å²) in [6.07, 6.45) is 8.43. The minimum Gasteiger partial charge on any atom is -0.497 e. The fourth-order valence-corrected chi connectivity index (χ4v) is 3.97. The highest BCUT2D eigenvalue weighted by molar-refractivity contribution is 6.30. The average Bonchev–Trinajstić information content (AvgIpc) is 2.78. The molecule has 0 amide bonds. The van der Waals surface area contributed by atoms with E-state index in [4.69, 9.17) is 32.0 Å². The van der Waals surface area contributed by atoms with E-state index in [1.54, 1.807) is 7.11 Å². The Morgan fingerprint density at radius 3 is 2.44 bits per heavy atom. The van der Waals surface area contributed by atoms with Gasteiger partial charge in [0.15, 0.2) is 5.82 Å². The van der Waals surface area contributed by atoms with Crippen molar-refractivity contribution in [3.05, 3.63) is 58.9 Å². The largest absolute Gasteiger partial charge is 0.497 e. The number of benzene rings is 2. The second-order valence-electron chi connectivity index (χ2n) is 7.86. The molecule has 1 fully saturated rings. The van der Waals surface area contributed by atoms with Crippen molar-refractivity contribution >= 4 is 65.3 Å². The van der Waals surface area contributed by atoms with Gasteiger partial charge in [-0.25, -0.2) is 9.97 Å². The quantitative estimate of drug-likeness (QED) is 0.424. The molecule has 1 aliphatic rings. The number of ether oxygens (including phenoxy) is 1. The Hall–Kier alpha value is -2.05. The Bertz CT molecular complexity index is 1040. The molecule has 3 aromatic rings. The van der Waals surface area contributed by atoms with Crippen LogP contribution in [0.5, 0.6) is 5.75 Å². The highest BCUT2D eigenvalue weighted by atomic mass is 35.5. The van der Waals surface area contributed by atoms with Gasteiger partial charge in [0.25, 0.3) is 0 Å². The zero-order valence-corrected chi connectivity index (χ0v) is 20.3. The standard InChI is InChI=1S/C24H27ClN4O.2ClH/c1-30-20-11-12-22-21(14-20)24(27-15-17-4-9-19(26)10-5-17)29-23(28-22)13-6-16-2-7-18(25)8-3-16;;/h2-3,6-8,11-14,17,19H,4-5,9-10,15,26H2,1H3,(H,27,28,29);2*1H. The minimum atomic E-state index is 0. The fourth-order valence-electron chi connectivity index (χ4n) is 3.84. The maximum absolute atomic E-state index is 6.05. The van der Waals surface area contributed by atoms with Gasteiger partial charge in [-0.15, -0.1) is 24.8 Å². The lowest BCUT2D eigenvalue weighted by Gasteiger charge is -2.26. The summed E-state index contributed by atoms with van der Waals surface area (Å²) in [6.45, 7) is 0.885. The molecular weight excluding hydrogens is 467 g/mol. The van der Waals surface area contributed by atoms with Gasteiger partial charge in [-0.05, 0) is 73.6 Å². The highest BCUT2D eigenvalue weighted by Crippen LogP contribution is 2.28. The number of nitrogens with zero attached hydrogens (tertiary/aromatic N) is 2. The second kappa shape index (κ2) is 12.3. The molecule has 0 radical (unpaired) electrons. The Kier molecular flexibility index (Phi) is 10.0. The summed E-state index contributed by atoms with van der Waals surface area (Å²) in [6, 6.07) is 13.9. The first-order chi connectivity index (χ1) is 14.6. The molecule has 4 rings (SSSR count). The number of aromatic nitrogens is 2. The molecule has 0 atom stereocenters. The number of hydrogen-bond donors (Lipinski definition) is 2. The molecule has 0 saturated heterocycles. The maximum Gasteiger partial charge on any atom is 0.154 e. The summed E-state index contributed by atoms with van der Waals surface area (Å²) < 4.78 is 5.41. The Labute approximate surface area is 206 Å². The molecule has 1 saturated carbocycles. The first-order valence-corrected chi connectivity index (χ1v) is 10.8. The van der Waals surface area contributed by atoms with Crippen LogP contribution in [0.25, 0.3) is 23.1 Å². The van der Waals surface area contributed by atoms with E-state index in [-0.39, 0.29) is 24.8 Å². The van der Waals surface area contributed by atoms with Gasteiger partial charge in [-0.3, -0.25) is 0 Å². The third kappa shape index (κ3) is 6.72. The van der Waals surface area contributed by atoms with Gasteiger partial charge in [0.05, 0.1) is 12.6 Å². The number of fused-ring (bicyclic) bond motifs is 1. The number of nitrogens with two attached hydrogens (primary N) is 1. The van der Waals surface area contributed by atoms with Crippen LogP contribution >= 0.6 is 36.4 Å². The van der Waals surface area contributed by atoms with Crippen LogP contribution in [-0.2, 0) is 0 Å². The molecule has 1 aliphatic carbocycles. The number of halogens is 3. The lowest BCUT2D eigenvalue weighted by atomic mass is 9.86. The molecular formula is C24H29Cl3N4O. The van der Waals surface area contributed by atoms with Crippen LogP contribution < -0.4 is 15.8 Å². The number of anilines is 1. The number of hydrogen-bond acceptors (Lipinski definition) is 5. The van der Waals surface area contributed by atoms with Gasteiger partial charge in [-0.1, -0.05) is 29.8 Å². The summed E-state index contributed by atoms with van der Waals surface area (Å²) in [5.41, 5.74) is 7.98. The van der Waals surface area contributed by atoms with E-state index in [1.807, 2.05) is 54.6 Å².